The fourth-order valence-electron chi connectivity index (χ4n) is 3.68. The standard InChI is InChI=1S/C20H21N7O4/c28-12-26-7-4-13(5-8-26)16-10-17(29)23-19-15(11-22-27(16)19)20(31)25-24-18(30)9-14-3-1-2-6-21-14/h1-3,6,10-13H,4-5,7-9H2,(H,23,29)(H,24,30)(H,25,31). The van der Waals surface area contributed by atoms with E-state index in [1.54, 1.807) is 29.3 Å². The molecule has 4 heterocycles. The number of H-pyrrole nitrogens is 1. The van der Waals surface area contributed by atoms with Gasteiger partial charge in [-0.05, 0) is 25.0 Å². The minimum Gasteiger partial charge on any atom is -0.345 e. The molecule has 0 atom stereocenters. The molecule has 1 saturated heterocycles. The number of hydrogen-bond donors (Lipinski definition) is 3. The number of nitrogens with one attached hydrogen (secondary N) is 3. The van der Waals surface area contributed by atoms with Gasteiger partial charge in [-0.15, -0.1) is 0 Å². The van der Waals surface area contributed by atoms with Crippen molar-refractivity contribution in [2.75, 3.05) is 13.1 Å². The first-order chi connectivity index (χ1) is 15.0. The average molecular weight is 423 g/mol. The molecule has 3 aromatic rings. The molecule has 0 aromatic carbocycles. The number of aromatic nitrogens is 4. The maximum atomic E-state index is 12.6. The number of rotatable bonds is 5. The third-order valence-electron chi connectivity index (χ3n) is 5.26. The lowest BCUT2D eigenvalue weighted by atomic mass is 9.93. The van der Waals surface area contributed by atoms with Crippen molar-refractivity contribution in [3.05, 3.63) is 64.0 Å². The predicted molar refractivity (Wildman–Crippen MR) is 109 cm³/mol. The number of pyridine rings is 1. The van der Waals surface area contributed by atoms with Gasteiger partial charge in [0.2, 0.25) is 12.3 Å². The van der Waals surface area contributed by atoms with Crippen molar-refractivity contribution < 1.29 is 14.4 Å². The van der Waals surface area contributed by atoms with Crippen LogP contribution >= 0.6 is 0 Å². The molecule has 0 bridgehead atoms. The van der Waals surface area contributed by atoms with Crippen LogP contribution in [0.25, 0.3) is 5.65 Å². The topological polar surface area (TPSA) is 142 Å². The van der Waals surface area contributed by atoms with Crippen LogP contribution in [0.15, 0.2) is 41.5 Å². The Hall–Kier alpha value is -4.02. The van der Waals surface area contributed by atoms with Gasteiger partial charge in [-0.25, -0.2) is 4.52 Å². The summed E-state index contributed by atoms with van der Waals surface area (Å²) in [5.74, 6) is -0.998. The van der Waals surface area contributed by atoms with E-state index >= 15 is 0 Å². The molecule has 0 unspecified atom stereocenters. The number of piperidine rings is 1. The van der Waals surface area contributed by atoms with Gasteiger partial charge in [0.15, 0.2) is 0 Å². The molecule has 0 radical (unpaired) electrons. The number of carbonyl (C=O) groups excluding carboxylic acids is 3. The van der Waals surface area contributed by atoms with Crippen LogP contribution in [-0.2, 0) is 16.0 Å². The van der Waals surface area contributed by atoms with E-state index in [2.05, 4.69) is 25.9 Å². The molecule has 0 saturated carbocycles. The minimum atomic E-state index is -0.604. The molecule has 3 aromatic heterocycles. The molecule has 4 rings (SSSR count). The zero-order valence-corrected chi connectivity index (χ0v) is 16.6. The Balaban J connectivity index is 1.49. The number of carbonyl (C=O) groups is 3. The highest BCUT2D eigenvalue weighted by atomic mass is 16.2. The molecule has 1 aliphatic heterocycles. The first-order valence-corrected chi connectivity index (χ1v) is 9.84. The van der Waals surface area contributed by atoms with Crippen LogP contribution in [-0.4, -0.2) is 55.8 Å². The molecule has 0 spiro atoms. The molecule has 11 nitrogen and oxygen atoms in total. The predicted octanol–water partition coefficient (Wildman–Crippen LogP) is -0.243. The van der Waals surface area contributed by atoms with Gasteiger partial charge in [0.05, 0.1) is 18.3 Å². The molecule has 3 amide bonds. The van der Waals surface area contributed by atoms with Gasteiger partial charge in [0, 0.05) is 37.0 Å². The Bertz CT molecular complexity index is 1160. The quantitative estimate of drug-likeness (QED) is 0.382. The number of likely N-dealkylation sites (tertiary alicyclic amines) is 1. The Labute approximate surface area is 176 Å². The number of fused-ring (bicyclic) bond motifs is 1. The van der Waals surface area contributed by atoms with Crippen LogP contribution in [0.2, 0.25) is 0 Å². The third-order valence-corrected chi connectivity index (χ3v) is 5.26. The van der Waals surface area contributed by atoms with Crippen LogP contribution in [0, 0.1) is 0 Å². The summed E-state index contributed by atoms with van der Waals surface area (Å²) in [6.07, 6.45) is 5.15. The Morgan fingerprint density at radius 2 is 2.03 bits per heavy atom. The summed E-state index contributed by atoms with van der Waals surface area (Å²) >= 11 is 0. The fourth-order valence-corrected chi connectivity index (χ4v) is 3.68. The van der Waals surface area contributed by atoms with Crippen LogP contribution < -0.4 is 16.4 Å². The first-order valence-electron chi connectivity index (χ1n) is 9.84. The second kappa shape index (κ2) is 8.78. The smallest absolute Gasteiger partial charge is 0.275 e. The van der Waals surface area contributed by atoms with Crippen LogP contribution in [0.4, 0.5) is 0 Å². The number of aromatic amines is 1. The number of amides is 3. The van der Waals surface area contributed by atoms with Gasteiger partial charge < -0.3 is 9.88 Å². The highest BCUT2D eigenvalue weighted by molar-refractivity contribution is 6.00. The Morgan fingerprint density at radius 3 is 2.74 bits per heavy atom. The molecule has 11 heteroatoms. The van der Waals surface area contributed by atoms with Crippen LogP contribution in [0.5, 0.6) is 0 Å². The Kier molecular flexibility index (Phi) is 5.74. The van der Waals surface area contributed by atoms with Crippen molar-refractivity contribution in [3.63, 3.8) is 0 Å². The van der Waals surface area contributed by atoms with E-state index in [9.17, 15) is 19.2 Å². The Morgan fingerprint density at radius 1 is 1.23 bits per heavy atom. The summed E-state index contributed by atoms with van der Waals surface area (Å²) in [5.41, 5.74) is 5.96. The largest absolute Gasteiger partial charge is 0.345 e. The second-order valence-corrected chi connectivity index (χ2v) is 7.29. The normalized spacial score (nSPS) is 14.4. The van der Waals surface area contributed by atoms with Crippen molar-refractivity contribution in [1.82, 2.24) is 35.3 Å². The monoisotopic (exact) mass is 423 g/mol. The fraction of sp³-hybridized carbons (Fsp3) is 0.300. The van der Waals surface area contributed by atoms with Crippen molar-refractivity contribution in [2.45, 2.75) is 25.2 Å². The van der Waals surface area contributed by atoms with Gasteiger partial charge in [0.25, 0.3) is 11.5 Å². The summed E-state index contributed by atoms with van der Waals surface area (Å²) in [6, 6.07) is 6.69. The van der Waals surface area contributed by atoms with Gasteiger partial charge in [0.1, 0.15) is 11.2 Å². The molecular weight excluding hydrogens is 402 g/mol. The van der Waals surface area contributed by atoms with Crippen LogP contribution in [0.3, 0.4) is 0 Å². The van der Waals surface area contributed by atoms with E-state index in [-0.39, 0.29) is 29.1 Å². The van der Waals surface area contributed by atoms with Crippen molar-refractivity contribution in [1.29, 1.82) is 0 Å². The van der Waals surface area contributed by atoms with E-state index in [0.717, 1.165) is 6.41 Å². The molecule has 160 valence electrons. The maximum absolute atomic E-state index is 12.6. The molecule has 1 fully saturated rings. The molecular formula is C20H21N7O4. The number of hydrogen-bond acceptors (Lipinski definition) is 6. The first kappa shape index (κ1) is 20.3. The number of nitrogens with zero attached hydrogens (tertiary/aromatic N) is 4. The lowest BCUT2D eigenvalue weighted by molar-refractivity contribution is -0.121. The zero-order valence-electron chi connectivity index (χ0n) is 16.6. The zero-order chi connectivity index (χ0) is 21.8. The van der Waals surface area contributed by atoms with Crippen molar-refractivity contribution in [3.8, 4) is 0 Å². The summed E-state index contributed by atoms with van der Waals surface area (Å²) in [5, 5.41) is 4.27. The van der Waals surface area contributed by atoms with Crippen molar-refractivity contribution in [2.24, 2.45) is 0 Å². The summed E-state index contributed by atoms with van der Waals surface area (Å²) in [4.78, 5) is 56.2. The summed E-state index contributed by atoms with van der Waals surface area (Å²) in [6.45, 7) is 1.19. The van der Waals surface area contributed by atoms with Crippen LogP contribution in [0.1, 0.15) is 40.5 Å². The molecule has 1 aliphatic rings. The maximum Gasteiger partial charge on any atom is 0.275 e. The SMILES string of the molecule is O=CN1CCC(c2cc(=O)[nH]c3c(C(=O)NNC(=O)Cc4ccccn4)cnn23)CC1. The van der Waals surface area contributed by atoms with E-state index in [1.165, 1.54) is 16.8 Å². The summed E-state index contributed by atoms with van der Waals surface area (Å²) in [7, 11) is 0. The van der Waals surface area contributed by atoms with Gasteiger partial charge in [-0.3, -0.25) is 35.0 Å². The van der Waals surface area contributed by atoms with Gasteiger partial charge >= 0.3 is 0 Å². The van der Waals surface area contributed by atoms with Gasteiger partial charge in [-0.1, -0.05) is 6.07 Å². The van der Waals surface area contributed by atoms with E-state index in [4.69, 9.17) is 0 Å². The molecule has 31 heavy (non-hydrogen) atoms. The lowest BCUT2D eigenvalue weighted by Crippen LogP contribution is -2.42. The lowest BCUT2D eigenvalue weighted by Gasteiger charge is -2.29. The number of hydrazine groups is 1. The van der Waals surface area contributed by atoms with Crippen molar-refractivity contribution >= 4 is 23.9 Å². The second-order valence-electron chi connectivity index (χ2n) is 7.29. The average Bonchev–Trinajstić information content (AvgIpc) is 3.21. The van der Waals surface area contributed by atoms with E-state index in [0.29, 0.717) is 37.3 Å². The minimum absolute atomic E-state index is 0.0103. The molecule has 3 N–H and O–H groups in total. The third kappa shape index (κ3) is 4.44. The van der Waals surface area contributed by atoms with E-state index < -0.39 is 11.8 Å². The van der Waals surface area contributed by atoms with Gasteiger partial charge in [-0.2, -0.15) is 5.10 Å². The van der Waals surface area contributed by atoms with E-state index in [1.807, 2.05) is 0 Å². The summed E-state index contributed by atoms with van der Waals surface area (Å²) < 4.78 is 1.53. The highest BCUT2D eigenvalue weighted by Crippen LogP contribution is 2.27. The highest BCUT2D eigenvalue weighted by Gasteiger charge is 2.24. The molecule has 0 aliphatic carbocycles.